The van der Waals surface area contributed by atoms with E-state index in [-0.39, 0.29) is 12.0 Å². The fraction of sp³-hybridized carbons (Fsp3) is 0.529. The van der Waals surface area contributed by atoms with Gasteiger partial charge in [0.25, 0.3) is 0 Å². The monoisotopic (exact) mass is 287 g/mol. The molecule has 0 saturated carbocycles. The van der Waals surface area contributed by atoms with Gasteiger partial charge in [0.1, 0.15) is 5.69 Å². The summed E-state index contributed by atoms with van der Waals surface area (Å²) in [5.41, 5.74) is 4.14. The van der Waals surface area contributed by atoms with E-state index in [9.17, 15) is 5.11 Å². The first-order valence-corrected chi connectivity index (χ1v) is 7.62. The van der Waals surface area contributed by atoms with Crippen LogP contribution in [0.5, 0.6) is 0 Å². The molecular weight excluding hydrogens is 262 g/mol. The van der Waals surface area contributed by atoms with Gasteiger partial charge < -0.3 is 5.11 Å². The number of aliphatic hydroxyl groups excluding tert-OH is 1. The molecule has 2 aromatic rings. The Hall–Kier alpha value is -1.68. The van der Waals surface area contributed by atoms with Gasteiger partial charge in [-0.3, -0.25) is 0 Å². The minimum absolute atomic E-state index is 0.0564. The molecule has 0 unspecified atom stereocenters. The van der Waals surface area contributed by atoms with E-state index >= 15 is 0 Å². The molecule has 0 amide bonds. The summed E-state index contributed by atoms with van der Waals surface area (Å²) in [4.78, 5) is 0. The van der Waals surface area contributed by atoms with Crippen LogP contribution in [0.4, 0.5) is 0 Å². The molecule has 0 fully saturated rings. The Kier molecular flexibility index (Phi) is 4.78. The lowest BCUT2D eigenvalue weighted by Crippen LogP contribution is -2.11. The van der Waals surface area contributed by atoms with Crippen molar-refractivity contribution in [2.75, 3.05) is 0 Å². The number of rotatable bonds is 5. The van der Waals surface area contributed by atoms with Gasteiger partial charge in [-0.25, -0.2) is 4.68 Å². The maximum Gasteiger partial charge on any atom is 0.112 e. The van der Waals surface area contributed by atoms with E-state index in [2.05, 4.69) is 62.3 Å². The van der Waals surface area contributed by atoms with Gasteiger partial charge in [0, 0.05) is 0 Å². The average molecular weight is 287 g/mol. The summed E-state index contributed by atoms with van der Waals surface area (Å²) in [6, 6.07) is 8.43. The van der Waals surface area contributed by atoms with Crippen molar-refractivity contribution in [1.29, 1.82) is 0 Å². The van der Waals surface area contributed by atoms with E-state index in [1.807, 2.05) is 4.68 Å². The molecule has 0 atom stereocenters. The SMILES string of the molecule is CCCCc1c(CO)nnn1-c1ccc(C(C)(C)C)cc1. The first-order chi connectivity index (χ1) is 9.97. The topological polar surface area (TPSA) is 50.9 Å². The zero-order valence-electron chi connectivity index (χ0n) is 13.4. The molecule has 0 aliphatic rings. The predicted octanol–water partition coefficient (Wildman–Crippen LogP) is 3.40. The van der Waals surface area contributed by atoms with Crippen molar-refractivity contribution >= 4 is 0 Å². The van der Waals surface area contributed by atoms with Crippen molar-refractivity contribution in [2.24, 2.45) is 0 Å². The lowest BCUT2D eigenvalue weighted by molar-refractivity contribution is 0.275. The van der Waals surface area contributed by atoms with Crippen LogP contribution in [0.15, 0.2) is 24.3 Å². The van der Waals surface area contributed by atoms with Crippen molar-refractivity contribution in [3.05, 3.63) is 41.2 Å². The number of aliphatic hydroxyl groups is 1. The lowest BCUT2D eigenvalue weighted by atomic mass is 9.87. The normalized spacial score (nSPS) is 11.9. The second-order valence-corrected chi connectivity index (χ2v) is 6.45. The summed E-state index contributed by atoms with van der Waals surface area (Å²) in [7, 11) is 0. The molecule has 1 aromatic carbocycles. The second kappa shape index (κ2) is 6.39. The first-order valence-electron chi connectivity index (χ1n) is 7.62. The van der Waals surface area contributed by atoms with Gasteiger partial charge in [-0.05, 0) is 36.0 Å². The molecular formula is C17H25N3O. The molecule has 1 N–H and O–H groups in total. The molecule has 1 heterocycles. The Bertz CT molecular complexity index is 579. The Morgan fingerprint density at radius 2 is 1.81 bits per heavy atom. The predicted molar refractivity (Wildman–Crippen MR) is 84.6 cm³/mol. The third-order valence-corrected chi connectivity index (χ3v) is 3.74. The quantitative estimate of drug-likeness (QED) is 0.917. The summed E-state index contributed by atoms with van der Waals surface area (Å²) in [5.74, 6) is 0. The van der Waals surface area contributed by atoms with E-state index < -0.39 is 0 Å². The highest BCUT2D eigenvalue weighted by Crippen LogP contribution is 2.24. The molecule has 0 aliphatic carbocycles. The molecule has 0 spiro atoms. The van der Waals surface area contributed by atoms with E-state index in [0.717, 1.165) is 30.6 Å². The van der Waals surface area contributed by atoms with Crippen LogP contribution in [0.3, 0.4) is 0 Å². The standard InChI is InChI=1S/C17H25N3O/c1-5-6-7-16-15(12-21)18-19-20(16)14-10-8-13(9-11-14)17(2,3)4/h8-11,21H,5-7,12H2,1-4H3. The molecule has 0 aliphatic heterocycles. The minimum Gasteiger partial charge on any atom is -0.390 e. The second-order valence-electron chi connectivity index (χ2n) is 6.45. The zero-order chi connectivity index (χ0) is 15.5. The van der Waals surface area contributed by atoms with Crippen LogP contribution in [0.25, 0.3) is 5.69 Å². The molecule has 4 nitrogen and oxygen atoms in total. The highest BCUT2D eigenvalue weighted by Gasteiger charge is 2.16. The number of unbranched alkanes of at least 4 members (excludes halogenated alkanes) is 1. The Morgan fingerprint density at radius 3 is 2.33 bits per heavy atom. The summed E-state index contributed by atoms with van der Waals surface area (Å²) in [5, 5.41) is 17.7. The highest BCUT2D eigenvalue weighted by molar-refractivity contribution is 5.38. The van der Waals surface area contributed by atoms with E-state index in [4.69, 9.17) is 0 Å². The van der Waals surface area contributed by atoms with Crippen LogP contribution in [-0.4, -0.2) is 20.1 Å². The van der Waals surface area contributed by atoms with Gasteiger partial charge in [-0.15, -0.1) is 5.10 Å². The molecule has 1 aromatic heterocycles. The fourth-order valence-electron chi connectivity index (χ4n) is 2.36. The molecule has 0 saturated heterocycles. The van der Waals surface area contributed by atoms with Gasteiger partial charge in [-0.2, -0.15) is 0 Å². The van der Waals surface area contributed by atoms with Crippen molar-refractivity contribution in [1.82, 2.24) is 15.0 Å². The summed E-state index contributed by atoms with van der Waals surface area (Å²) < 4.78 is 1.85. The molecule has 0 bridgehead atoms. The number of hydrogen-bond donors (Lipinski definition) is 1. The smallest absolute Gasteiger partial charge is 0.112 e. The largest absolute Gasteiger partial charge is 0.390 e. The van der Waals surface area contributed by atoms with Crippen LogP contribution >= 0.6 is 0 Å². The van der Waals surface area contributed by atoms with Crippen LogP contribution in [0.2, 0.25) is 0 Å². The summed E-state index contributed by atoms with van der Waals surface area (Å²) >= 11 is 0. The Balaban J connectivity index is 2.35. The van der Waals surface area contributed by atoms with Gasteiger partial charge >= 0.3 is 0 Å². The van der Waals surface area contributed by atoms with Crippen molar-refractivity contribution in [3.63, 3.8) is 0 Å². The van der Waals surface area contributed by atoms with Gasteiger partial charge in [-0.1, -0.05) is 51.5 Å². The van der Waals surface area contributed by atoms with Crippen LogP contribution in [0, 0.1) is 0 Å². The molecule has 21 heavy (non-hydrogen) atoms. The van der Waals surface area contributed by atoms with Crippen molar-refractivity contribution in [2.45, 2.75) is 59.0 Å². The zero-order valence-corrected chi connectivity index (χ0v) is 13.4. The lowest BCUT2D eigenvalue weighted by Gasteiger charge is -2.19. The number of nitrogens with zero attached hydrogens (tertiary/aromatic N) is 3. The van der Waals surface area contributed by atoms with Crippen LogP contribution < -0.4 is 0 Å². The summed E-state index contributed by atoms with van der Waals surface area (Å²) in [6.45, 7) is 8.71. The van der Waals surface area contributed by atoms with Crippen molar-refractivity contribution < 1.29 is 5.11 Å². The Morgan fingerprint density at radius 1 is 1.14 bits per heavy atom. The number of benzene rings is 1. The third kappa shape index (κ3) is 3.50. The average Bonchev–Trinajstić information content (AvgIpc) is 2.87. The van der Waals surface area contributed by atoms with Gasteiger partial charge in [0.15, 0.2) is 0 Å². The number of hydrogen-bond acceptors (Lipinski definition) is 3. The van der Waals surface area contributed by atoms with Gasteiger partial charge in [0.2, 0.25) is 0 Å². The van der Waals surface area contributed by atoms with E-state index in [0.29, 0.717) is 5.69 Å². The Labute approximate surface area is 126 Å². The number of aromatic nitrogens is 3. The fourth-order valence-corrected chi connectivity index (χ4v) is 2.36. The van der Waals surface area contributed by atoms with E-state index in [1.165, 1.54) is 5.56 Å². The van der Waals surface area contributed by atoms with Gasteiger partial charge in [0.05, 0.1) is 18.0 Å². The minimum atomic E-state index is -0.0564. The van der Waals surface area contributed by atoms with Crippen molar-refractivity contribution in [3.8, 4) is 5.69 Å². The van der Waals surface area contributed by atoms with E-state index in [1.54, 1.807) is 0 Å². The molecule has 4 heteroatoms. The molecule has 2 rings (SSSR count). The maximum absolute atomic E-state index is 9.41. The molecule has 114 valence electrons. The third-order valence-electron chi connectivity index (χ3n) is 3.74. The summed E-state index contributed by atoms with van der Waals surface area (Å²) in [6.07, 6.45) is 3.07. The maximum atomic E-state index is 9.41. The van der Waals surface area contributed by atoms with Crippen LogP contribution in [-0.2, 0) is 18.4 Å². The first kappa shape index (κ1) is 15.7. The highest BCUT2D eigenvalue weighted by atomic mass is 16.3. The van der Waals surface area contributed by atoms with Crippen LogP contribution in [0.1, 0.15) is 57.5 Å². The molecule has 0 radical (unpaired) electrons.